The van der Waals surface area contributed by atoms with E-state index >= 15 is 0 Å². The number of methoxy groups -OCH3 is 1. The fourth-order valence-electron chi connectivity index (χ4n) is 3.56. The maximum absolute atomic E-state index is 12.6. The number of hydrogen-bond acceptors (Lipinski definition) is 5. The quantitative estimate of drug-likeness (QED) is 0.661. The van der Waals surface area contributed by atoms with Gasteiger partial charge in [-0.2, -0.15) is 0 Å². The van der Waals surface area contributed by atoms with E-state index in [1.165, 1.54) is 0 Å². The Kier molecular flexibility index (Phi) is 7.87. The third-order valence-electron chi connectivity index (χ3n) is 4.92. The summed E-state index contributed by atoms with van der Waals surface area (Å²) in [4.78, 5) is 26.8. The second kappa shape index (κ2) is 9.92. The van der Waals surface area contributed by atoms with Gasteiger partial charge in [0.25, 0.3) is 0 Å². The maximum Gasteiger partial charge on any atom is 0.410 e. The Morgan fingerprint density at radius 2 is 1.89 bits per heavy atom. The number of rotatable bonds is 7. The van der Waals surface area contributed by atoms with Crippen molar-refractivity contribution in [2.45, 2.75) is 64.7 Å². The minimum Gasteiger partial charge on any atom is -0.465 e. The van der Waals surface area contributed by atoms with Crippen molar-refractivity contribution >= 4 is 12.1 Å². The molecule has 3 unspecified atom stereocenters. The fraction of sp³-hybridized carbons (Fsp3) is 0.636. The summed E-state index contributed by atoms with van der Waals surface area (Å²) in [6.45, 7) is 8.26. The Hall–Kier alpha value is -2.08. The Labute approximate surface area is 168 Å². The van der Waals surface area contributed by atoms with Gasteiger partial charge in [-0.15, -0.1) is 0 Å². The Bertz CT molecular complexity index is 640. The molecule has 1 amide bonds. The molecule has 0 aromatic heterocycles. The highest BCUT2D eigenvalue weighted by Gasteiger charge is 2.41. The van der Waals surface area contributed by atoms with Crippen molar-refractivity contribution in [3.8, 4) is 0 Å². The Balaban J connectivity index is 1.94. The summed E-state index contributed by atoms with van der Waals surface area (Å²) in [5.41, 5.74) is 0.563. The van der Waals surface area contributed by atoms with Crippen LogP contribution in [0.25, 0.3) is 0 Å². The van der Waals surface area contributed by atoms with Gasteiger partial charge in [-0.3, -0.25) is 4.79 Å². The van der Waals surface area contributed by atoms with Crippen LogP contribution >= 0.6 is 0 Å². The molecule has 0 bridgehead atoms. The first-order valence-electron chi connectivity index (χ1n) is 9.96. The fourth-order valence-corrected chi connectivity index (χ4v) is 3.56. The number of carbonyl (C=O) groups is 2. The number of esters is 1. The van der Waals surface area contributed by atoms with Crippen molar-refractivity contribution in [3.05, 3.63) is 35.9 Å². The summed E-state index contributed by atoms with van der Waals surface area (Å²) in [5, 5.41) is 0. The molecule has 0 aliphatic carbocycles. The van der Waals surface area contributed by atoms with Crippen LogP contribution in [0.2, 0.25) is 0 Å². The van der Waals surface area contributed by atoms with Gasteiger partial charge >= 0.3 is 12.1 Å². The lowest BCUT2D eigenvalue weighted by molar-refractivity contribution is -0.154. The highest BCUT2D eigenvalue weighted by atomic mass is 16.6. The first-order chi connectivity index (χ1) is 13.2. The van der Waals surface area contributed by atoms with E-state index in [-0.39, 0.29) is 18.1 Å². The Morgan fingerprint density at radius 1 is 1.21 bits per heavy atom. The summed E-state index contributed by atoms with van der Waals surface area (Å²) >= 11 is 0. The van der Waals surface area contributed by atoms with Gasteiger partial charge in [-0.25, -0.2) is 4.79 Å². The lowest BCUT2D eigenvalue weighted by Crippen LogP contribution is -2.49. The van der Waals surface area contributed by atoms with Crippen molar-refractivity contribution in [1.29, 1.82) is 0 Å². The molecular weight excluding hydrogens is 358 g/mol. The van der Waals surface area contributed by atoms with E-state index in [4.69, 9.17) is 14.2 Å². The number of ether oxygens (including phenoxy) is 3. The lowest BCUT2D eigenvalue weighted by atomic mass is 9.96. The molecular formula is C22H33NO5. The van der Waals surface area contributed by atoms with Gasteiger partial charge in [-0.1, -0.05) is 30.3 Å². The molecule has 0 saturated carbocycles. The van der Waals surface area contributed by atoms with Gasteiger partial charge in [0.2, 0.25) is 0 Å². The summed E-state index contributed by atoms with van der Waals surface area (Å²) in [5.74, 6) is -0.785. The number of amides is 1. The number of benzene rings is 1. The molecule has 28 heavy (non-hydrogen) atoms. The molecule has 6 nitrogen and oxygen atoms in total. The van der Waals surface area contributed by atoms with E-state index < -0.39 is 17.6 Å². The van der Waals surface area contributed by atoms with Crippen molar-refractivity contribution in [3.63, 3.8) is 0 Å². The molecule has 156 valence electrons. The average Bonchev–Trinajstić information content (AvgIpc) is 3.11. The van der Waals surface area contributed by atoms with E-state index in [1.54, 1.807) is 18.9 Å². The summed E-state index contributed by atoms with van der Waals surface area (Å²) in [6.07, 6.45) is 1.52. The van der Waals surface area contributed by atoms with Crippen molar-refractivity contribution in [2.24, 2.45) is 5.92 Å². The summed E-state index contributed by atoms with van der Waals surface area (Å²) in [6, 6.07) is 9.70. The zero-order valence-electron chi connectivity index (χ0n) is 17.6. The summed E-state index contributed by atoms with van der Waals surface area (Å²) < 4.78 is 16.6. The summed E-state index contributed by atoms with van der Waals surface area (Å²) in [7, 11) is 1.57. The minimum atomic E-state index is -0.561. The van der Waals surface area contributed by atoms with Crippen LogP contribution in [0.5, 0.6) is 0 Å². The second-order valence-corrected chi connectivity index (χ2v) is 8.28. The molecule has 0 radical (unpaired) electrons. The third kappa shape index (κ3) is 6.23. The number of hydrogen-bond donors (Lipinski definition) is 0. The molecule has 3 atom stereocenters. The van der Waals surface area contributed by atoms with Crippen LogP contribution in [0.15, 0.2) is 30.3 Å². The smallest absolute Gasteiger partial charge is 0.410 e. The monoisotopic (exact) mass is 391 g/mol. The maximum atomic E-state index is 12.6. The lowest BCUT2D eigenvalue weighted by Gasteiger charge is -2.34. The number of carbonyl (C=O) groups excluding carboxylic acids is 2. The van der Waals surface area contributed by atoms with Crippen LogP contribution in [0.1, 0.15) is 46.1 Å². The van der Waals surface area contributed by atoms with Crippen LogP contribution in [-0.4, -0.2) is 55.0 Å². The van der Waals surface area contributed by atoms with E-state index in [9.17, 15) is 9.59 Å². The molecule has 1 saturated heterocycles. The van der Waals surface area contributed by atoms with Gasteiger partial charge in [0.05, 0.1) is 24.7 Å². The minimum absolute atomic E-state index is 0.198. The molecule has 2 rings (SSSR count). The standard InChI is InChI=1S/C22H33NO5/c1-16(20(24)27-15-13-17-10-7-6-8-11-17)19(26-5)18-12-9-14-23(18)21(25)28-22(2,3)4/h6-8,10-11,16,18-19H,9,12-15H2,1-5H3. The first-order valence-corrected chi connectivity index (χ1v) is 9.96. The van der Waals surface area contributed by atoms with E-state index in [0.717, 1.165) is 18.4 Å². The van der Waals surface area contributed by atoms with Crippen molar-refractivity contribution in [1.82, 2.24) is 4.90 Å². The van der Waals surface area contributed by atoms with Crippen LogP contribution in [0.4, 0.5) is 4.79 Å². The van der Waals surface area contributed by atoms with Crippen molar-refractivity contribution < 1.29 is 23.8 Å². The number of likely N-dealkylation sites (tertiary alicyclic amines) is 1. The predicted molar refractivity (Wildman–Crippen MR) is 107 cm³/mol. The van der Waals surface area contributed by atoms with Gasteiger partial charge in [0.15, 0.2) is 0 Å². The molecule has 1 aliphatic rings. The second-order valence-electron chi connectivity index (χ2n) is 8.28. The normalized spacial score (nSPS) is 19.2. The zero-order chi connectivity index (χ0) is 20.7. The molecule has 0 spiro atoms. The molecule has 1 aromatic rings. The topological polar surface area (TPSA) is 65.1 Å². The van der Waals surface area contributed by atoms with Gasteiger partial charge in [-0.05, 0) is 46.1 Å². The molecule has 6 heteroatoms. The molecule has 1 heterocycles. The van der Waals surface area contributed by atoms with Gasteiger partial charge in [0, 0.05) is 20.1 Å². The Morgan fingerprint density at radius 3 is 2.50 bits per heavy atom. The van der Waals surface area contributed by atoms with Crippen molar-refractivity contribution in [2.75, 3.05) is 20.3 Å². The molecule has 1 aromatic carbocycles. The highest BCUT2D eigenvalue weighted by molar-refractivity contribution is 5.73. The number of nitrogens with zero attached hydrogens (tertiary/aromatic N) is 1. The average molecular weight is 392 g/mol. The zero-order valence-corrected chi connectivity index (χ0v) is 17.6. The van der Waals surface area contributed by atoms with Crippen LogP contribution in [-0.2, 0) is 25.4 Å². The first kappa shape index (κ1) is 22.2. The third-order valence-corrected chi connectivity index (χ3v) is 4.92. The highest BCUT2D eigenvalue weighted by Crippen LogP contribution is 2.28. The van der Waals surface area contributed by atoms with Crippen LogP contribution < -0.4 is 0 Å². The SMILES string of the molecule is COC(C(C)C(=O)OCCc1ccccc1)C1CCCN1C(=O)OC(C)(C)C. The van der Waals surface area contributed by atoms with Gasteiger partial charge in [0.1, 0.15) is 5.60 Å². The van der Waals surface area contributed by atoms with Crippen LogP contribution in [0, 0.1) is 5.92 Å². The van der Waals surface area contributed by atoms with Gasteiger partial charge < -0.3 is 19.1 Å². The van der Waals surface area contributed by atoms with E-state index in [2.05, 4.69) is 0 Å². The molecule has 1 aliphatic heterocycles. The largest absolute Gasteiger partial charge is 0.465 e. The van der Waals surface area contributed by atoms with E-state index in [0.29, 0.717) is 19.6 Å². The van der Waals surface area contributed by atoms with Crippen LogP contribution in [0.3, 0.4) is 0 Å². The predicted octanol–water partition coefficient (Wildman–Crippen LogP) is 3.82. The molecule has 1 fully saturated rings. The van der Waals surface area contributed by atoms with E-state index in [1.807, 2.05) is 51.1 Å². The molecule has 0 N–H and O–H groups in total.